The van der Waals surface area contributed by atoms with Crippen molar-refractivity contribution in [1.82, 2.24) is 15.3 Å². The maximum atomic E-state index is 5.69. The fourth-order valence-corrected chi connectivity index (χ4v) is 1.95. The molecular weight excluding hydrogens is 258 g/mol. The summed E-state index contributed by atoms with van der Waals surface area (Å²) < 4.78 is 5.69. The summed E-state index contributed by atoms with van der Waals surface area (Å²) in [6.45, 7) is 3.66. The van der Waals surface area contributed by atoms with E-state index >= 15 is 0 Å². The summed E-state index contributed by atoms with van der Waals surface area (Å²) in [7, 11) is 0. The zero-order valence-corrected chi connectivity index (χ0v) is 11.9. The van der Waals surface area contributed by atoms with Crippen LogP contribution in [0.3, 0.4) is 0 Å². The van der Waals surface area contributed by atoms with Gasteiger partial charge in [0.15, 0.2) is 0 Å². The lowest BCUT2D eigenvalue weighted by Gasteiger charge is -2.06. The number of nitrogens with one attached hydrogen (secondary N) is 1. The molecule has 0 aliphatic rings. The maximum absolute atomic E-state index is 5.69. The fraction of sp³-hybridized carbons (Fsp3) is 0.286. The summed E-state index contributed by atoms with van der Waals surface area (Å²) in [6, 6.07) is 7.92. The zero-order valence-electron chi connectivity index (χ0n) is 11.1. The molecule has 0 aliphatic carbocycles. The van der Waals surface area contributed by atoms with E-state index in [0.29, 0.717) is 12.4 Å². The highest BCUT2D eigenvalue weighted by Crippen LogP contribution is 2.22. The van der Waals surface area contributed by atoms with Gasteiger partial charge in [-0.1, -0.05) is 6.92 Å². The van der Waals surface area contributed by atoms with E-state index in [1.165, 1.54) is 4.90 Å². The van der Waals surface area contributed by atoms with Crippen LogP contribution in [0.1, 0.15) is 12.6 Å². The highest BCUT2D eigenvalue weighted by molar-refractivity contribution is 7.98. The molecule has 2 aromatic rings. The molecule has 1 heterocycles. The van der Waals surface area contributed by atoms with Gasteiger partial charge in [0.1, 0.15) is 5.75 Å². The third kappa shape index (κ3) is 4.22. The van der Waals surface area contributed by atoms with Crippen molar-refractivity contribution in [1.29, 1.82) is 0 Å². The van der Waals surface area contributed by atoms with Gasteiger partial charge in [-0.3, -0.25) is 4.98 Å². The van der Waals surface area contributed by atoms with Crippen LogP contribution in [-0.4, -0.2) is 22.8 Å². The third-order valence-corrected chi connectivity index (χ3v) is 3.24. The number of hydrogen-bond donors (Lipinski definition) is 1. The van der Waals surface area contributed by atoms with E-state index in [4.69, 9.17) is 4.74 Å². The van der Waals surface area contributed by atoms with Crippen molar-refractivity contribution in [2.45, 2.75) is 18.4 Å². The molecule has 5 heteroatoms. The molecule has 0 atom stereocenters. The van der Waals surface area contributed by atoms with Gasteiger partial charge in [-0.2, -0.15) is 0 Å². The highest BCUT2D eigenvalue weighted by Gasteiger charge is 2.01. The van der Waals surface area contributed by atoms with Crippen molar-refractivity contribution in [2.75, 3.05) is 12.8 Å². The molecular formula is C14H17N3OS. The Morgan fingerprint density at radius 1 is 1.21 bits per heavy atom. The summed E-state index contributed by atoms with van der Waals surface area (Å²) in [6.07, 6.45) is 5.41. The first-order chi connectivity index (χ1) is 9.31. The second-order valence-electron chi connectivity index (χ2n) is 3.91. The lowest BCUT2D eigenvalue weighted by atomic mass is 10.3. The van der Waals surface area contributed by atoms with Crippen molar-refractivity contribution in [3.05, 3.63) is 42.4 Å². The Morgan fingerprint density at radius 2 is 2.00 bits per heavy atom. The van der Waals surface area contributed by atoms with Gasteiger partial charge in [-0.05, 0) is 37.1 Å². The van der Waals surface area contributed by atoms with Crippen LogP contribution in [-0.2, 0) is 6.54 Å². The minimum absolute atomic E-state index is 0.521. The van der Waals surface area contributed by atoms with Gasteiger partial charge >= 0.3 is 0 Å². The standard InChI is InChI=1S/C14H17N3OS/c1-3-15-8-11-9-16-10-14(17-11)18-12-4-6-13(19-2)7-5-12/h4-7,9-10,15H,3,8H2,1-2H3. The van der Waals surface area contributed by atoms with Gasteiger partial charge in [0.2, 0.25) is 5.88 Å². The molecule has 0 saturated carbocycles. The molecule has 0 unspecified atom stereocenters. The Kier molecular flexibility index (Phi) is 5.18. The molecule has 0 saturated heterocycles. The predicted molar refractivity (Wildman–Crippen MR) is 77.7 cm³/mol. The number of nitrogens with zero attached hydrogens (tertiary/aromatic N) is 2. The van der Waals surface area contributed by atoms with Gasteiger partial charge in [0, 0.05) is 17.6 Å². The molecule has 0 amide bonds. The molecule has 2 rings (SSSR count). The van der Waals surface area contributed by atoms with Crippen LogP contribution in [0.2, 0.25) is 0 Å². The van der Waals surface area contributed by atoms with E-state index in [2.05, 4.69) is 22.2 Å². The predicted octanol–water partition coefficient (Wildman–Crippen LogP) is 3.10. The van der Waals surface area contributed by atoms with Crippen LogP contribution in [0.25, 0.3) is 0 Å². The minimum Gasteiger partial charge on any atom is -0.437 e. The van der Waals surface area contributed by atoms with E-state index in [0.717, 1.165) is 18.0 Å². The molecule has 0 aliphatic heterocycles. The molecule has 1 aromatic carbocycles. The summed E-state index contributed by atoms with van der Waals surface area (Å²) >= 11 is 1.70. The average molecular weight is 275 g/mol. The van der Waals surface area contributed by atoms with Crippen molar-refractivity contribution in [2.24, 2.45) is 0 Å². The maximum Gasteiger partial charge on any atom is 0.238 e. The van der Waals surface area contributed by atoms with Crippen molar-refractivity contribution in [3.8, 4) is 11.6 Å². The van der Waals surface area contributed by atoms with Gasteiger partial charge in [0.05, 0.1) is 11.9 Å². The number of rotatable bonds is 6. The number of ether oxygens (including phenoxy) is 1. The normalized spacial score (nSPS) is 10.4. The van der Waals surface area contributed by atoms with Crippen LogP contribution in [0.15, 0.2) is 41.6 Å². The largest absolute Gasteiger partial charge is 0.437 e. The van der Waals surface area contributed by atoms with Crippen LogP contribution < -0.4 is 10.1 Å². The molecule has 100 valence electrons. The second-order valence-corrected chi connectivity index (χ2v) is 4.79. The average Bonchev–Trinajstić information content (AvgIpc) is 2.46. The third-order valence-electron chi connectivity index (χ3n) is 2.50. The molecule has 1 aromatic heterocycles. The Hall–Kier alpha value is -1.59. The number of thioether (sulfide) groups is 1. The van der Waals surface area contributed by atoms with E-state index in [-0.39, 0.29) is 0 Å². The van der Waals surface area contributed by atoms with Gasteiger partial charge in [-0.15, -0.1) is 11.8 Å². The van der Waals surface area contributed by atoms with Crippen molar-refractivity contribution in [3.63, 3.8) is 0 Å². The Bertz CT molecular complexity index is 516. The van der Waals surface area contributed by atoms with E-state index in [9.17, 15) is 0 Å². The molecule has 0 radical (unpaired) electrons. The summed E-state index contributed by atoms with van der Waals surface area (Å²) in [5.41, 5.74) is 0.875. The lowest BCUT2D eigenvalue weighted by molar-refractivity contribution is 0.456. The van der Waals surface area contributed by atoms with E-state index in [1.54, 1.807) is 24.2 Å². The molecule has 4 nitrogen and oxygen atoms in total. The van der Waals surface area contributed by atoms with Crippen LogP contribution >= 0.6 is 11.8 Å². The smallest absolute Gasteiger partial charge is 0.238 e. The monoisotopic (exact) mass is 275 g/mol. The lowest BCUT2D eigenvalue weighted by Crippen LogP contribution is -2.13. The number of hydrogen-bond acceptors (Lipinski definition) is 5. The van der Waals surface area contributed by atoms with Crippen LogP contribution in [0.5, 0.6) is 11.6 Å². The molecule has 19 heavy (non-hydrogen) atoms. The highest BCUT2D eigenvalue weighted by atomic mass is 32.2. The van der Waals surface area contributed by atoms with Gasteiger partial charge in [-0.25, -0.2) is 4.98 Å². The second kappa shape index (κ2) is 7.11. The summed E-state index contributed by atoms with van der Waals surface area (Å²) in [4.78, 5) is 9.74. The fourth-order valence-electron chi connectivity index (χ4n) is 1.54. The van der Waals surface area contributed by atoms with Crippen molar-refractivity contribution >= 4 is 11.8 Å². The first-order valence-electron chi connectivity index (χ1n) is 6.15. The first kappa shape index (κ1) is 13.8. The number of benzene rings is 1. The van der Waals surface area contributed by atoms with Crippen LogP contribution in [0.4, 0.5) is 0 Å². The molecule has 0 bridgehead atoms. The van der Waals surface area contributed by atoms with E-state index in [1.807, 2.05) is 30.5 Å². The number of aromatic nitrogens is 2. The summed E-state index contributed by atoms with van der Waals surface area (Å²) in [5.74, 6) is 1.29. The van der Waals surface area contributed by atoms with Crippen LogP contribution in [0, 0.1) is 0 Å². The zero-order chi connectivity index (χ0) is 13.5. The molecule has 0 fully saturated rings. The molecule has 1 N–H and O–H groups in total. The molecule has 0 spiro atoms. The topological polar surface area (TPSA) is 47.0 Å². The Balaban J connectivity index is 2.05. The quantitative estimate of drug-likeness (QED) is 0.821. The van der Waals surface area contributed by atoms with Crippen molar-refractivity contribution < 1.29 is 4.74 Å². The van der Waals surface area contributed by atoms with Gasteiger partial charge in [0.25, 0.3) is 0 Å². The Morgan fingerprint density at radius 3 is 2.68 bits per heavy atom. The minimum atomic E-state index is 0.521. The van der Waals surface area contributed by atoms with Gasteiger partial charge < -0.3 is 10.1 Å². The SMILES string of the molecule is CCNCc1cncc(Oc2ccc(SC)cc2)n1. The Labute approximate surface area is 117 Å². The van der Waals surface area contributed by atoms with E-state index < -0.39 is 0 Å². The first-order valence-corrected chi connectivity index (χ1v) is 7.38. The summed E-state index contributed by atoms with van der Waals surface area (Å²) in [5, 5.41) is 3.21.